The van der Waals surface area contributed by atoms with E-state index in [0.717, 1.165) is 12.4 Å². The molecule has 2 unspecified atom stereocenters. The lowest BCUT2D eigenvalue weighted by molar-refractivity contribution is -0.144. The summed E-state index contributed by atoms with van der Waals surface area (Å²) in [6.45, 7) is 0.525. The molecule has 0 bridgehead atoms. The van der Waals surface area contributed by atoms with Gasteiger partial charge in [-0.3, -0.25) is 19.7 Å². The summed E-state index contributed by atoms with van der Waals surface area (Å²) >= 11 is 0. The quantitative estimate of drug-likeness (QED) is 0.808. The summed E-state index contributed by atoms with van der Waals surface area (Å²) in [5.41, 5.74) is 1.52. The van der Waals surface area contributed by atoms with Crippen LogP contribution in [0.2, 0.25) is 0 Å². The fourth-order valence-corrected chi connectivity index (χ4v) is 3.16. The monoisotopic (exact) mass is 333 g/mol. The number of halogens is 2. The van der Waals surface area contributed by atoms with E-state index in [4.69, 9.17) is 4.74 Å². The van der Waals surface area contributed by atoms with Gasteiger partial charge in [-0.15, -0.1) is 0 Å². The highest BCUT2D eigenvalue weighted by Crippen LogP contribution is 2.38. The van der Waals surface area contributed by atoms with Gasteiger partial charge in [0.15, 0.2) is 0 Å². The highest BCUT2D eigenvalue weighted by atomic mass is 19.1. The van der Waals surface area contributed by atoms with Crippen molar-refractivity contribution in [3.8, 4) is 11.1 Å². The average molecular weight is 333 g/mol. The third-order valence-electron chi connectivity index (χ3n) is 4.30. The van der Waals surface area contributed by atoms with Gasteiger partial charge in [-0.1, -0.05) is 0 Å². The molecule has 24 heavy (non-hydrogen) atoms. The number of hydrogen-bond donors (Lipinski definition) is 0. The summed E-state index contributed by atoms with van der Waals surface area (Å²) in [5.74, 6) is -1.56. The van der Waals surface area contributed by atoms with Crippen LogP contribution in [0.3, 0.4) is 0 Å². The minimum atomic E-state index is -0.511. The minimum Gasteiger partial charge on any atom is -0.469 e. The van der Waals surface area contributed by atoms with E-state index in [2.05, 4.69) is 9.97 Å². The maximum atomic E-state index is 13.7. The fraction of sp³-hybridized carbons (Fsp3) is 0.353. The number of esters is 1. The summed E-state index contributed by atoms with van der Waals surface area (Å²) < 4.78 is 32.0. The molecule has 0 radical (unpaired) electrons. The summed E-state index contributed by atoms with van der Waals surface area (Å²) in [5, 5.41) is 0. The molecule has 5 nitrogen and oxygen atoms in total. The molecule has 2 aromatic heterocycles. The molecule has 3 heterocycles. The molecule has 7 heteroatoms. The summed E-state index contributed by atoms with van der Waals surface area (Å²) in [6, 6.07) is 2.42. The Balaban J connectivity index is 2.01. The normalized spacial score (nSPS) is 21.0. The van der Waals surface area contributed by atoms with Crippen molar-refractivity contribution in [1.82, 2.24) is 14.9 Å². The molecule has 0 N–H and O–H groups in total. The Hall–Kier alpha value is -2.41. The molecule has 0 spiro atoms. The van der Waals surface area contributed by atoms with Crippen LogP contribution in [0.4, 0.5) is 8.78 Å². The smallest absolute Gasteiger partial charge is 0.310 e. The van der Waals surface area contributed by atoms with Crippen molar-refractivity contribution in [3.05, 3.63) is 48.1 Å². The first-order valence-corrected chi connectivity index (χ1v) is 7.54. The number of carbonyl (C=O) groups excluding carboxylic acids is 1. The topological polar surface area (TPSA) is 55.3 Å². The molecule has 0 amide bonds. The highest BCUT2D eigenvalue weighted by molar-refractivity contribution is 5.73. The Morgan fingerprint density at radius 1 is 1.25 bits per heavy atom. The van der Waals surface area contributed by atoms with Crippen LogP contribution in [0.1, 0.15) is 18.2 Å². The number of rotatable bonds is 3. The molecule has 3 rings (SSSR count). The molecule has 0 aliphatic carbocycles. The van der Waals surface area contributed by atoms with E-state index in [-0.39, 0.29) is 17.9 Å². The molecule has 1 aliphatic rings. The van der Waals surface area contributed by atoms with Crippen LogP contribution in [0.15, 0.2) is 30.7 Å². The van der Waals surface area contributed by atoms with Crippen LogP contribution in [-0.2, 0) is 9.53 Å². The van der Waals surface area contributed by atoms with Crippen LogP contribution >= 0.6 is 0 Å². The predicted octanol–water partition coefficient (Wildman–Crippen LogP) is 2.59. The van der Waals surface area contributed by atoms with E-state index in [9.17, 15) is 13.6 Å². The number of likely N-dealkylation sites (tertiary alicyclic amines) is 1. The second kappa shape index (κ2) is 6.60. The van der Waals surface area contributed by atoms with Crippen LogP contribution in [0.5, 0.6) is 0 Å². The zero-order valence-electron chi connectivity index (χ0n) is 13.4. The first-order chi connectivity index (χ1) is 11.5. The van der Waals surface area contributed by atoms with Crippen molar-refractivity contribution < 1.29 is 18.3 Å². The summed E-state index contributed by atoms with van der Waals surface area (Å²) in [7, 11) is 3.22. The molecule has 0 aromatic carbocycles. The highest BCUT2D eigenvalue weighted by Gasteiger charge is 2.37. The first-order valence-electron chi connectivity index (χ1n) is 7.54. The van der Waals surface area contributed by atoms with Gasteiger partial charge in [0.25, 0.3) is 0 Å². The van der Waals surface area contributed by atoms with Gasteiger partial charge < -0.3 is 4.74 Å². The Bertz CT molecular complexity index is 769. The minimum absolute atomic E-state index is 0.187. The van der Waals surface area contributed by atoms with Crippen LogP contribution in [-0.4, -0.2) is 41.5 Å². The third-order valence-corrected chi connectivity index (χ3v) is 4.30. The second-order valence-corrected chi connectivity index (χ2v) is 5.89. The molecule has 1 saturated heterocycles. The van der Waals surface area contributed by atoms with Crippen molar-refractivity contribution >= 4 is 5.97 Å². The molecular weight excluding hydrogens is 316 g/mol. The van der Waals surface area contributed by atoms with Crippen molar-refractivity contribution in [1.29, 1.82) is 0 Å². The number of methoxy groups -OCH3 is 1. The average Bonchev–Trinajstić information content (AvgIpc) is 2.96. The van der Waals surface area contributed by atoms with Gasteiger partial charge in [0.2, 0.25) is 0 Å². The van der Waals surface area contributed by atoms with Crippen LogP contribution < -0.4 is 0 Å². The molecule has 2 atom stereocenters. The van der Waals surface area contributed by atoms with E-state index in [1.807, 2.05) is 11.9 Å². The van der Waals surface area contributed by atoms with Crippen LogP contribution in [0, 0.1) is 17.6 Å². The lowest BCUT2D eigenvalue weighted by Crippen LogP contribution is -2.22. The predicted molar refractivity (Wildman–Crippen MR) is 82.9 cm³/mol. The Morgan fingerprint density at radius 2 is 2.00 bits per heavy atom. The van der Waals surface area contributed by atoms with Gasteiger partial charge in [-0.2, -0.15) is 0 Å². The fourth-order valence-electron chi connectivity index (χ4n) is 3.16. The number of ether oxygens (including phenoxy) is 1. The van der Waals surface area contributed by atoms with Crippen molar-refractivity contribution in [2.75, 3.05) is 20.7 Å². The van der Waals surface area contributed by atoms with E-state index in [1.54, 1.807) is 0 Å². The number of hydrogen-bond acceptors (Lipinski definition) is 5. The number of aromatic nitrogens is 2. The lowest BCUT2D eigenvalue weighted by atomic mass is 9.97. The lowest BCUT2D eigenvalue weighted by Gasteiger charge is -2.21. The zero-order chi connectivity index (χ0) is 17.3. The Labute approximate surface area is 138 Å². The van der Waals surface area contributed by atoms with Gasteiger partial charge in [0.05, 0.1) is 37.2 Å². The number of nitrogens with zero attached hydrogens (tertiary/aromatic N) is 3. The van der Waals surface area contributed by atoms with Gasteiger partial charge in [-0.25, -0.2) is 8.78 Å². The zero-order valence-corrected chi connectivity index (χ0v) is 13.4. The van der Waals surface area contributed by atoms with Crippen molar-refractivity contribution in [2.45, 2.75) is 12.5 Å². The third kappa shape index (κ3) is 3.12. The van der Waals surface area contributed by atoms with Crippen molar-refractivity contribution in [2.24, 2.45) is 5.92 Å². The maximum absolute atomic E-state index is 13.7. The van der Waals surface area contributed by atoms with E-state index in [0.29, 0.717) is 29.8 Å². The first kappa shape index (κ1) is 16.4. The molecule has 126 valence electrons. The molecular formula is C17H17F2N3O2. The number of carbonyl (C=O) groups is 1. The SMILES string of the molecule is COC(=O)C1CC(c2ncc(F)cc2-c2cncc(F)c2)N(C)C1. The second-order valence-electron chi connectivity index (χ2n) is 5.89. The van der Waals surface area contributed by atoms with Gasteiger partial charge >= 0.3 is 5.97 Å². The molecule has 2 aromatic rings. The van der Waals surface area contributed by atoms with Crippen LogP contribution in [0.25, 0.3) is 11.1 Å². The Morgan fingerprint density at radius 3 is 2.71 bits per heavy atom. The maximum Gasteiger partial charge on any atom is 0.310 e. The van der Waals surface area contributed by atoms with Gasteiger partial charge in [-0.05, 0) is 25.6 Å². The van der Waals surface area contributed by atoms with E-state index >= 15 is 0 Å². The largest absolute Gasteiger partial charge is 0.469 e. The Kier molecular flexibility index (Phi) is 4.53. The summed E-state index contributed by atoms with van der Waals surface area (Å²) in [4.78, 5) is 21.8. The number of pyridine rings is 2. The molecule has 0 saturated carbocycles. The molecule has 1 aliphatic heterocycles. The van der Waals surface area contributed by atoms with E-state index < -0.39 is 11.6 Å². The standard InChI is InChI=1S/C17H17F2N3O2/c1-22-9-11(17(23)24-2)4-15(22)16-14(5-13(19)8-21-16)10-3-12(18)7-20-6-10/h3,5-8,11,15H,4,9H2,1-2H3. The van der Waals surface area contributed by atoms with E-state index in [1.165, 1.54) is 25.4 Å². The van der Waals surface area contributed by atoms with Gasteiger partial charge in [0.1, 0.15) is 11.6 Å². The molecule has 1 fully saturated rings. The van der Waals surface area contributed by atoms with Crippen molar-refractivity contribution in [3.63, 3.8) is 0 Å². The van der Waals surface area contributed by atoms with Gasteiger partial charge in [0, 0.05) is 23.9 Å². The summed E-state index contributed by atoms with van der Waals surface area (Å²) in [6.07, 6.45) is 4.20.